The number of unbranched alkanes of at least 4 members (excludes halogenated alkanes) is 2. The lowest BCUT2D eigenvalue weighted by molar-refractivity contribution is -0.132. The van der Waals surface area contributed by atoms with Crippen LogP contribution >= 0.6 is 0 Å². The van der Waals surface area contributed by atoms with Crippen molar-refractivity contribution in [3.8, 4) is 5.75 Å². The number of benzene rings is 2. The van der Waals surface area contributed by atoms with Gasteiger partial charge >= 0.3 is 0 Å². The first kappa shape index (κ1) is 26.1. The first-order valence-corrected chi connectivity index (χ1v) is 12.8. The van der Waals surface area contributed by atoms with Crippen LogP contribution in [0.4, 0.5) is 5.69 Å². The normalized spacial score (nSPS) is 17.3. The Labute approximate surface area is 218 Å². The zero-order valence-corrected chi connectivity index (χ0v) is 21.9. The summed E-state index contributed by atoms with van der Waals surface area (Å²) in [5.41, 5.74) is 2.57. The molecule has 4 rings (SSSR count). The van der Waals surface area contributed by atoms with Gasteiger partial charge in [0, 0.05) is 17.4 Å². The van der Waals surface area contributed by atoms with Crippen LogP contribution in [0.2, 0.25) is 0 Å². The second kappa shape index (κ2) is 11.0. The number of amides is 1. The summed E-state index contributed by atoms with van der Waals surface area (Å²) < 4.78 is 5.77. The zero-order chi connectivity index (χ0) is 26.6. The van der Waals surface area contributed by atoms with Crippen LogP contribution in [-0.2, 0) is 15.0 Å². The summed E-state index contributed by atoms with van der Waals surface area (Å²) in [5.74, 6) is -0.988. The summed E-state index contributed by atoms with van der Waals surface area (Å²) >= 11 is 0. The van der Waals surface area contributed by atoms with E-state index in [2.05, 4.69) is 32.7 Å². The number of nitrogens with zero attached hydrogens (tertiary/aromatic N) is 2. The minimum atomic E-state index is -0.855. The maximum absolute atomic E-state index is 13.3. The van der Waals surface area contributed by atoms with Crippen LogP contribution in [0.25, 0.3) is 5.76 Å². The van der Waals surface area contributed by atoms with E-state index in [1.54, 1.807) is 48.7 Å². The number of Topliss-reactive ketones (excluding diaryl/α,β-unsaturated/α-hetero) is 1. The second-order valence-corrected chi connectivity index (χ2v) is 10.3. The first-order chi connectivity index (χ1) is 17.7. The standard InChI is InChI=1S/C31H34N2O4/c1-5-6-9-20-37-24-17-11-21(12-18-24)28(34)26-27(25-10-7-8-19-32-25)33(30(36)29(26)35)23-15-13-22(14-16-23)31(2,3)4/h7-8,10-19,27,34H,5-6,9,20H2,1-4H3/b28-26+. The Morgan fingerprint density at radius 3 is 2.27 bits per heavy atom. The van der Waals surface area contributed by atoms with Crippen LogP contribution in [0.5, 0.6) is 5.75 Å². The van der Waals surface area contributed by atoms with Crippen LogP contribution in [-0.4, -0.2) is 28.4 Å². The zero-order valence-electron chi connectivity index (χ0n) is 21.9. The molecule has 1 saturated heterocycles. The first-order valence-electron chi connectivity index (χ1n) is 12.8. The third kappa shape index (κ3) is 5.58. The topological polar surface area (TPSA) is 79.7 Å². The monoisotopic (exact) mass is 498 g/mol. The van der Waals surface area contributed by atoms with Gasteiger partial charge in [-0.1, -0.05) is 58.7 Å². The van der Waals surface area contributed by atoms with Crippen LogP contribution in [0.3, 0.4) is 0 Å². The van der Waals surface area contributed by atoms with Gasteiger partial charge < -0.3 is 9.84 Å². The molecule has 0 saturated carbocycles. The molecule has 1 aromatic heterocycles. The number of anilines is 1. The van der Waals surface area contributed by atoms with Gasteiger partial charge in [-0.25, -0.2) is 0 Å². The van der Waals surface area contributed by atoms with Crippen molar-refractivity contribution in [2.75, 3.05) is 11.5 Å². The van der Waals surface area contributed by atoms with Crippen molar-refractivity contribution in [3.63, 3.8) is 0 Å². The van der Waals surface area contributed by atoms with Crippen LogP contribution < -0.4 is 9.64 Å². The fraction of sp³-hybridized carbons (Fsp3) is 0.323. The molecule has 1 N–H and O–H groups in total. The fourth-order valence-electron chi connectivity index (χ4n) is 4.45. The van der Waals surface area contributed by atoms with E-state index in [1.807, 2.05) is 24.3 Å². The molecule has 1 aliphatic rings. The number of aliphatic hydroxyl groups is 1. The summed E-state index contributed by atoms with van der Waals surface area (Å²) in [6.07, 6.45) is 4.81. The summed E-state index contributed by atoms with van der Waals surface area (Å²) in [5, 5.41) is 11.3. The molecule has 37 heavy (non-hydrogen) atoms. The van der Waals surface area contributed by atoms with E-state index in [9.17, 15) is 14.7 Å². The molecule has 0 radical (unpaired) electrons. The van der Waals surface area contributed by atoms with Crippen LogP contribution in [0, 0.1) is 0 Å². The van der Waals surface area contributed by atoms with E-state index < -0.39 is 17.7 Å². The molecule has 1 fully saturated rings. The average Bonchev–Trinajstić information content (AvgIpc) is 3.17. The molecule has 2 heterocycles. The highest BCUT2D eigenvalue weighted by Gasteiger charge is 2.47. The fourth-order valence-corrected chi connectivity index (χ4v) is 4.45. The third-order valence-corrected chi connectivity index (χ3v) is 6.57. The van der Waals surface area contributed by atoms with Crippen LogP contribution in [0.1, 0.15) is 69.8 Å². The van der Waals surface area contributed by atoms with Gasteiger partial charge in [0.25, 0.3) is 11.7 Å². The number of ether oxygens (including phenoxy) is 1. The largest absolute Gasteiger partial charge is 0.507 e. The van der Waals surface area contributed by atoms with E-state index in [0.29, 0.717) is 29.3 Å². The molecule has 2 aromatic carbocycles. The lowest BCUT2D eigenvalue weighted by Gasteiger charge is -2.26. The molecule has 6 heteroatoms. The van der Waals surface area contributed by atoms with Crippen molar-refractivity contribution in [3.05, 3.63) is 95.3 Å². The average molecular weight is 499 g/mol. The van der Waals surface area contributed by atoms with E-state index in [-0.39, 0.29) is 16.7 Å². The number of hydrogen-bond donors (Lipinski definition) is 1. The number of hydrogen-bond acceptors (Lipinski definition) is 5. The lowest BCUT2D eigenvalue weighted by Crippen LogP contribution is -2.30. The third-order valence-electron chi connectivity index (χ3n) is 6.57. The minimum Gasteiger partial charge on any atom is -0.507 e. The molecular weight excluding hydrogens is 464 g/mol. The second-order valence-electron chi connectivity index (χ2n) is 10.3. The Kier molecular flexibility index (Phi) is 7.77. The van der Waals surface area contributed by atoms with Crippen molar-refractivity contribution in [1.82, 2.24) is 4.98 Å². The van der Waals surface area contributed by atoms with Gasteiger partial charge in [-0.3, -0.25) is 19.5 Å². The predicted molar refractivity (Wildman–Crippen MR) is 146 cm³/mol. The molecule has 0 bridgehead atoms. The molecule has 0 aliphatic carbocycles. The van der Waals surface area contributed by atoms with Gasteiger partial charge in [0.05, 0.1) is 17.9 Å². The smallest absolute Gasteiger partial charge is 0.300 e. The molecule has 1 atom stereocenters. The van der Waals surface area contributed by atoms with E-state index in [1.165, 1.54) is 4.90 Å². The van der Waals surface area contributed by atoms with Gasteiger partial charge in [0.1, 0.15) is 17.6 Å². The molecule has 0 spiro atoms. The van der Waals surface area contributed by atoms with Crippen molar-refractivity contribution in [2.24, 2.45) is 0 Å². The Morgan fingerprint density at radius 2 is 1.68 bits per heavy atom. The molecule has 1 unspecified atom stereocenters. The van der Waals surface area contributed by atoms with Gasteiger partial charge in [0.15, 0.2) is 0 Å². The number of rotatable bonds is 8. The molecule has 3 aromatic rings. The number of aromatic nitrogens is 1. The molecule has 192 valence electrons. The van der Waals surface area contributed by atoms with Gasteiger partial charge in [-0.15, -0.1) is 0 Å². The molecule has 1 amide bonds. The lowest BCUT2D eigenvalue weighted by atomic mass is 9.87. The number of carbonyl (C=O) groups is 2. The highest BCUT2D eigenvalue weighted by atomic mass is 16.5. The highest BCUT2D eigenvalue weighted by Crippen LogP contribution is 2.42. The number of ketones is 1. The SMILES string of the molecule is CCCCCOc1ccc(/C(O)=C2\C(=O)C(=O)N(c3ccc(C(C)(C)C)cc3)C2c2ccccn2)cc1. The van der Waals surface area contributed by atoms with Crippen LogP contribution in [0.15, 0.2) is 78.5 Å². The number of aliphatic hydroxyl groups excluding tert-OH is 1. The summed E-state index contributed by atoms with van der Waals surface area (Å²) in [7, 11) is 0. The van der Waals surface area contributed by atoms with Crippen molar-refractivity contribution in [1.29, 1.82) is 0 Å². The summed E-state index contributed by atoms with van der Waals surface area (Å²) in [6.45, 7) is 9.11. The Balaban J connectivity index is 1.73. The Hall–Kier alpha value is -3.93. The van der Waals surface area contributed by atoms with Gasteiger partial charge in [0.2, 0.25) is 0 Å². The maximum Gasteiger partial charge on any atom is 0.300 e. The van der Waals surface area contributed by atoms with E-state index in [4.69, 9.17) is 4.74 Å². The maximum atomic E-state index is 13.3. The van der Waals surface area contributed by atoms with E-state index in [0.717, 1.165) is 24.8 Å². The predicted octanol–water partition coefficient (Wildman–Crippen LogP) is 6.57. The number of carbonyl (C=O) groups excluding carboxylic acids is 2. The molecule has 1 aliphatic heterocycles. The molecule has 6 nitrogen and oxygen atoms in total. The van der Waals surface area contributed by atoms with Crippen molar-refractivity contribution < 1.29 is 19.4 Å². The van der Waals surface area contributed by atoms with Gasteiger partial charge in [-0.2, -0.15) is 0 Å². The van der Waals surface area contributed by atoms with Crippen molar-refractivity contribution >= 4 is 23.1 Å². The Bertz CT molecular complexity index is 1270. The number of pyridine rings is 1. The summed E-state index contributed by atoms with van der Waals surface area (Å²) in [6, 6.07) is 19.0. The minimum absolute atomic E-state index is 0.0141. The van der Waals surface area contributed by atoms with Crippen molar-refractivity contribution in [2.45, 2.75) is 58.4 Å². The quantitative estimate of drug-likeness (QED) is 0.164. The summed E-state index contributed by atoms with van der Waals surface area (Å²) in [4.78, 5) is 32.5. The highest BCUT2D eigenvalue weighted by molar-refractivity contribution is 6.51. The molecular formula is C31H34N2O4. The van der Waals surface area contributed by atoms with E-state index >= 15 is 0 Å². The van der Waals surface area contributed by atoms with Gasteiger partial charge in [-0.05, 0) is 65.9 Å². The Morgan fingerprint density at radius 1 is 0.973 bits per heavy atom.